The Bertz CT molecular complexity index is 4390. The van der Waals surface area contributed by atoms with Crippen LogP contribution in [0.3, 0.4) is 0 Å². The normalized spacial score (nSPS) is 16.1. The van der Waals surface area contributed by atoms with Crippen molar-refractivity contribution in [2.24, 2.45) is 0 Å². The molecule has 0 N–H and O–H groups in total. The molecule has 3 aliphatic rings. The molecule has 13 rings (SSSR count). The second kappa shape index (κ2) is 20.5. The maximum absolute atomic E-state index is 9.40. The molecule has 0 aliphatic carbocycles. The summed E-state index contributed by atoms with van der Waals surface area (Å²) in [5, 5.41) is 5.19. The summed E-state index contributed by atoms with van der Waals surface area (Å²) in [7, 11) is -2.99. The molecular formula is C76H71N4OPtSi-3. The Morgan fingerprint density at radius 2 is 1.06 bits per heavy atom. The van der Waals surface area contributed by atoms with Crippen molar-refractivity contribution < 1.29 is 32.7 Å². The molecule has 0 saturated heterocycles. The van der Waals surface area contributed by atoms with Crippen LogP contribution in [0.25, 0.3) is 33.4 Å². The molecule has 1 atom stereocenters. The van der Waals surface area contributed by atoms with Crippen LogP contribution in [-0.2, 0) is 42.7 Å². The average molecular weight is 1280 g/mol. The van der Waals surface area contributed by atoms with E-state index in [1.54, 1.807) is 0 Å². The number of aromatic nitrogens is 1. The van der Waals surface area contributed by atoms with Gasteiger partial charge in [-0.1, -0.05) is 239 Å². The van der Waals surface area contributed by atoms with Gasteiger partial charge in [0.2, 0.25) is 0 Å². The van der Waals surface area contributed by atoms with Crippen LogP contribution in [0.2, 0.25) is 0 Å². The molecule has 1 unspecified atom stereocenters. The molecule has 83 heavy (non-hydrogen) atoms. The zero-order valence-corrected chi connectivity index (χ0v) is 52.6. The van der Waals surface area contributed by atoms with Gasteiger partial charge in [-0.3, -0.25) is 0 Å². The first-order chi connectivity index (χ1) is 41.2. The quantitative estimate of drug-likeness (QED) is 0.112. The van der Waals surface area contributed by atoms with E-state index in [1.807, 2.05) is 37.1 Å². The summed E-state index contributed by atoms with van der Waals surface area (Å²) >= 11 is 0. The molecule has 0 fully saturated rings. The Morgan fingerprint density at radius 1 is 0.482 bits per heavy atom. The molecule has 10 aromatic rings. The van der Waals surface area contributed by atoms with Crippen molar-refractivity contribution >= 4 is 68.8 Å². The predicted octanol–water partition coefficient (Wildman–Crippen LogP) is 17.5. The van der Waals surface area contributed by atoms with Gasteiger partial charge in [0.25, 0.3) is 0 Å². The second-order valence-corrected chi connectivity index (χ2v) is 29.9. The van der Waals surface area contributed by atoms with Crippen LogP contribution < -0.4 is 40.2 Å². The zero-order valence-electron chi connectivity index (χ0n) is 54.3. The van der Waals surface area contributed by atoms with Gasteiger partial charge >= 0.3 is 0 Å². The number of nitrogens with zero attached hydrogens (tertiary/aromatic N) is 4. The van der Waals surface area contributed by atoms with Crippen molar-refractivity contribution in [2.45, 2.75) is 105 Å². The third-order valence-electron chi connectivity index (χ3n) is 16.7. The van der Waals surface area contributed by atoms with Gasteiger partial charge in [-0.2, -0.15) is 6.07 Å². The predicted molar refractivity (Wildman–Crippen MR) is 346 cm³/mol. The van der Waals surface area contributed by atoms with Gasteiger partial charge in [-0.15, -0.1) is 53.4 Å². The Labute approximate surface area is 515 Å². The number of fused-ring (bicyclic) bond motifs is 6. The summed E-state index contributed by atoms with van der Waals surface area (Å²) in [5.74, 6) is 1.84. The molecule has 418 valence electrons. The summed E-state index contributed by atoms with van der Waals surface area (Å²) in [4.78, 5) is 11.7. The van der Waals surface area contributed by atoms with Crippen LogP contribution in [0.1, 0.15) is 112 Å². The number of para-hydroxylation sites is 3. The maximum atomic E-state index is 9.40. The van der Waals surface area contributed by atoms with E-state index in [2.05, 4.69) is 256 Å². The van der Waals surface area contributed by atoms with Gasteiger partial charge < -0.3 is 19.4 Å². The SMILES string of the molecule is [2H]c1c([2H])c([2H])c(-c2cccc(-c3cc(C(C)(C)C)cc(C(C)(C)C)c3)c2N2[CH-]N(c3[c-]c(Oc4[c-]c5c(cc4)[Si]4(c6ccccc6)c6ccccc6-c6cccc(c64)N5c4cc(C(C)(C)C)ccn4)cc(C(C)(C)C)c3)c3ccccc32)c([2H])c1[2H].[Pt]. The van der Waals surface area contributed by atoms with E-state index in [4.69, 9.17) is 13.8 Å². The molecule has 5 nitrogen and oxygen atoms in total. The van der Waals surface area contributed by atoms with Crippen molar-refractivity contribution in [1.29, 1.82) is 0 Å². The summed E-state index contributed by atoms with van der Waals surface area (Å²) in [6.07, 6.45) is 1.93. The van der Waals surface area contributed by atoms with Crippen LogP contribution in [0, 0.1) is 18.8 Å². The number of pyridine rings is 1. The van der Waals surface area contributed by atoms with E-state index in [1.165, 1.54) is 37.4 Å². The Balaban J connectivity index is 0.00000754. The molecule has 0 bridgehead atoms. The monoisotopic (exact) mass is 1280 g/mol. The first-order valence-electron chi connectivity index (χ1n) is 31.0. The molecule has 3 aliphatic heterocycles. The van der Waals surface area contributed by atoms with E-state index in [0.717, 1.165) is 62.1 Å². The summed E-state index contributed by atoms with van der Waals surface area (Å²) < 4.78 is 52.4. The number of ether oxygens (including phenoxy) is 1. The zero-order chi connectivity index (χ0) is 61.4. The van der Waals surface area contributed by atoms with Gasteiger partial charge in [0, 0.05) is 72.6 Å². The van der Waals surface area contributed by atoms with Crippen LogP contribution in [0.15, 0.2) is 206 Å². The third-order valence-corrected chi connectivity index (χ3v) is 21.6. The Kier molecular flexibility index (Phi) is 12.3. The fraction of sp³-hybridized carbons (Fsp3) is 0.211. The minimum absolute atomic E-state index is 0. The van der Waals surface area contributed by atoms with Crippen molar-refractivity contribution in [3.63, 3.8) is 0 Å². The smallest absolute Gasteiger partial charge is 0.135 e. The Morgan fingerprint density at radius 3 is 1.75 bits per heavy atom. The molecule has 0 amide bonds. The second-order valence-electron chi connectivity index (χ2n) is 26.2. The largest absolute Gasteiger partial charge is 0.509 e. The molecule has 0 saturated carbocycles. The van der Waals surface area contributed by atoms with Gasteiger partial charge in [-0.25, -0.2) is 4.98 Å². The van der Waals surface area contributed by atoms with Gasteiger partial charge in [0.1, 0.15) is 13.9 Å². The number of hydrogen-bond acceptors (Lipinski definition) is 5. The molecule has 1 aromatic heterocycles. The third kappa shape index (κ3) is 9.57. The van der Waals surface area contributed by atoms with E-state index in [-0.39, 0.29) is 60.4 Å². The molecule has 7 heteroatoms. The van der Waals surface area contributed by atoms with Crippen LogP contribution in [0.5, 0.6) is 11.5 Å². The van der Waals surface area contributed by atoms with Crippen LogP contribution in [-0.4, -0.2) is 13.1 Å². The van der Waals surface area contributed by atoms with Crippen molar-refractivity contribution in [2.75, 3.05) is 14.7 Å². The Hall–Kier alpha value is -7.76. The van der Waals surface area contributed by atoms with Crippen LogP contribution in [0.4, 0.5) is 39.9 Å². The number of benzene rings is 9. The first-order valence-corrected chi connectivity index (χ1v) is 30.5. The standard InChI is InChI=1S/C76H71N4OSi.Pt/c1-73(2,3)52-39-40-77-70(46-52)80-66-35-24-32-63-62-29-19-22-36-68(62)82(72(63)66,59-27-17-14-18-28-59)69-38-37-57(48-67(69)80)81-58-45-55(76(10,11)12)44-56(47-58)78-49-79(65-34-21-20-33-64(65)78)71-60(50-25-15-13-16-26-50)30-23-31-61(71)51-41-53(74(4,5)6)43-54(42-51)75(7,8)9;/h13-46,49H,1-12H3;/q-3;/i13D,15D,16D,25D,26D;. The number of anilines is 7. The summed E-state index contributed by atoms with van der Waals surface area (Å²) in [6, 6.07) is 66.5. The molecule has 4 heterocycles. The number of rotatable bonds is 8. The van der Waals surface area contributed by atoms with Crippen molar-refractivity contribution in [3.05, 3.63) is 247 Å². The molecule has 9 aromatic carbocycles. The fourth-order valence-corrected chi connectivity index (χ4v) is 17.8. The van der Waals surface area contributed by atoms with E-state index in [0.29, 0.717) is 22.7 Å². The minimum atomic E-state index is -2.99. The van der Waals surface area contributed by atoms with Crippen molar-refractivity contribution in [1.82, 2.24) is 4.98 Å². The molecular weight excluding hydrogens is 1210 g/mol. The first kappa shape index (κ1) is 49.8. The van der Waals surface area contributed by atoms with Gasteiger partial charge in [0.05, 0.1) is 6.85 Å². The molecule has 0 spiro atoms. The average Bonchev–Trinajstić information content (AvgIpc) is 1.46. The number of hydrogen-bond donors (Lipinski definition) is 0. The van der Waals surface area contributed by atoms with Crippen molar-refractivity contribution in [3.8, 4) is 44.9 Å². The summed E-state index contributed by atoms with van der Waals surface area (Å²) in [5.41, 5.74) is 13.6. The van der Waals surface area contributed by atoms with E-state index < -0.39 is 26.2 Å². The fourth-order valence-electron chi connectivity index (χ4n) is 12.3. The molecule has 0 radical (unpaired) electrons. The van der Waals surface area contributed by atoms with Gasteiger partial charge in [0.15, 0.2) is 0 Å². The van der Waals surface area contributed by atoms with E-state index in [9.17, 15) is 2.74 Å². The van der Waals surface area contributed by atoms with E-state index >= 15 is 0 Å². The summed E-state index contributed by atoms with van der Waals surface area (Å²) in [6.45, 7) is 28.7. The van der Waals surface area contributed by atoms with Crippen LogP contribution >= 0.6 is 0 Å². The topological polar surface area (TPSA) is 31.8 Å². The van der Waals surface area contributed by atoms with Gasteiger partial charge in [-0.05, 0) is 101 Å². The minimum Gasteiger partial charge on any atom is -0.509 e. The maximum Gasteiger partial charge on any atom is 0.135 e.